The van der Waals surface area contributed by atoms with Crippen molar-refractivity contribution in [3.05, 3.63) is 58.9 Å². The summed E-state index contributed by atoms with van der Waals surface area (Å²) in [6.45, 7) is 0. The highest BCUT2D eigenvalue weighted by Crippen LogP contribution is 2.38. The van der Waals surface area contributed by atoms with Crippen molar-refractivity contribution in [3.63, 3.8) is 0 Å². The molecule has 2 N–H and O–H groups in total. The number of hydrogen-bond acceptors (Lipinski definition) is 1. The van der Waals surface area contributed by atoms with Gasteiger partial charge in [0.15, 0.2) is 0 Å². The quantitative estimate of drug-likeness (QED) is 0.833. The Balaban J connectivity index is 2.25. The third kappa shape index (κ3) is 1.92. The Labute approximate surface area is 108 Å². The van der Waals surface area contributed by atoms with Crippen LogP contribution in [0.25, 0.3) is 11.1 Å². The molecule has 0 radical (unpaired) electrons. The van der Waals surface area contributed by atoms with E-state index >= 15 is 0 Å². The van der Waals surface area contributed by atoms with Gasteiger partial charge in [0, 0.05) is 18.2 Å². The van der Waals surface area contributed by atoms with Crippen LogP contribution < -0.4 is 5.73 Å². The van der Waals surface area contributed by atoms with Gasteiger partial charge in [-0.1, -0.05) is 18.2 Å². The van der Waals surface area contributed by atoms with Crippen molar-refractivity contribution in [2.75, 3.05) is 0 Å². The molecule has 98 valence electrons. The third-order valence-corrected chi connectivity index (χ3v) is 3.59. The van der Waals surface area contributed by atoms with Crippen LogP contribution in [0.1, 0.15) is 23.6 Å². The first-order valence-electron chi connectivity index (χ1n) is 6.10. The molecule has 2 aromatic rings. The zero-order valence-corrected chi connectivity index (χ0v) is 10.1. The lowest BCUT2D eigenvalue weighted by atomic mass is 9.95. The molecule has 0 aliphatic heterocycles. The lowest BCUT2D eigenvalue weighted by Gasteiger charge is -2.11. The summed E-state index contributed by atoms with van der Waals surface area (Å²) < 4.78 is 40.7. The minimum atomic E-state index is -0.914. The topological polar surface area (TPSA) is 26.0 Å². The highest BCUT2D eigenvalue weighted by atomic mass is 19.1. The highest BCUT2D eigenvalue weighted by Gasteiger charge is 2.24. The zero-order valence-electron chi connectivity index (χ0n) is 10.1. The molecule has 4 heteroatoms. The predicted octanol–water partition coefficient (Wildman–Crippen LogP) is 3.72. The molecule has 0 saturated heterocycles. The predicted molar refractivity (Wildman–Crippen MR) is 67.0 cm³/mol. The normalized spacial score (nSPS) is 17.6. The van der Waals surface area contributed by atoms with E-state index in [1.165, 1.54) is 0 Å². The van der Waals surface area contributed by atoms with Crippen molar-refractivity contribution in [3.8, 4) is 11.1 Å². The van der Waals surface area contributed by atoms with Crippen LogP contribution in [0, 0.1) is 17.5 Å². The van der Waals surface area contributed by atoms with Crippen molar-refractivity contribution < 1.29 is 13.2 Å². The van der Waals surface area contributed by atoms with Crippen LogP contribution in [0.15, 0.2) is 30.3 Å². The summed E-state index contributed by atoms with van der Waals surface area (Å²) in [6, 6.07) is 6.55. The van der Waals surface area contributed by atoms with E-state index < -0.39 is 17.5 Å². The fourth-order valence-corrected chi connectivity index (χ4v) is 2.72. The Morgan fingerprint density at radius 2 is 1.74 bits per heavy atom. The Morgan fingerprint density at radius 1 is 1.05 bits per heavy atom. The van der Waals surface area contributed by atoms with Crippen LogP contribution in [-0.2, 0) is 6.42 Å². The lowest BCUT2D eigenvalue weighted by molar-refractivity contribution is 0.548. The minimum Gasteiger partial charge on any atom is -0.324 e. The first-order chi connectivity index (χ1) is 9.08. The fourth-order valence-electron chi connectivity index (χ4n) is 2.72. The largest absolute Gasteiger partial charge is 0.324 e. The number of fused-ring (bicyclic) bond motifs is 1. The molecule has 0 fully saturated rings. The Morgan fingerprint density at radius 3 is 2.42 bits per heavy atom. The lowest BCUT2D eigenvalue weighted by Crippen LogP contribution is -2.05. The number of rotatable bonds is 1. The van der Waals surface area contributed by atoms with E-state index in [9.17, 15) is 13.2 Å². The van der Waals surface area contributed by atoms with E-state index in [-0.39, 0.29) is 11.6 Å². The SMILES string of the molecule is N[C@@H]1CCc2c(-c3c(F)cc(F)cc3F)cccc21. The molecule has 0 heterocycles. The number of nitrogens with two attached hydrogens (primary N) is 1. The molecule has 2 aromatic carbocycles. The van der Waals surface area contributed by atoms with E-state index in [4.69, 9.17) is 5.73 Å². The second-order valence-electron chi connectivity index (χ2n) is 4.76. The summed E-state index contributed by atoms with van der Waals surface area (Å²) in [6.07, 6.45) is 1.44. The maximum absolute atomic E-state index is 13.9. The second-order valence-corrected chi connectivity index (χ2v) is 4.76. The molecule has 1 atom stereocenters. The molecule has 0 unspecified atom stereocenters. The first kappa shape index (κ1) is 12.2. The molecular formula is C15H12F3N. The maximum Gasteiger partial charge on any atom is 0.136 e. The van der Waals surface area contributed by atoms with Crippen LogP contribution in [-0.4, -0.2) is 0 Å². The second kappa shape index (κ2) is 4.38. The van der Waals surface area contributed by atoms with Gasteiger partial charge in [0.05, 0.1) is 5.56 Å². The van der Waals surface area contributed by atoms with E-state index in [1.54, 1.807) is 12.1 Å². The van der Waals surface area contributed by atoms with Gasteiger partial charge >= 0.3 is 0 Å². The molecule has 0 amide bonds. The van der Waals surface area contributed by atoms with Gasteiger partial charge in [0.2, 0.25) is 0 Å². The summed E-state index contributed by atoms with van der Waals surface area (Å²) in [5.41, 5.74) is 8.02. The number of hydrogen-bond donors (Lipinski definition) is 1. The smallest absolute Gasteiger partial charge is 0.136 e. The molecular weight excluding hydrogens is 251 g/mol. The van der Waals surface area contributed by atoms with Crippen LogP contribution in [0.3, 0.4) is 0 Å². The van der Waals surface area contributed by atoms with Crippen LogP contribution in [0.2, 0.25) is 0 Å². The van der Waals surface area contributed by atoms with Crippen molar-refractivity contribution >= 4 is 0 Å². The van der Waals surface area contributed by atoms with Gasteiger partial charge in [0.25, 0.3) is 0 Å². The third-order valence-electron chi connectivity index (χ3n) is 3.59. The molecule has 1 nitrogen and oxygen atoms in total. The standard InChI is InChI=1S/C15H12F3N/c16-8-6-12(17)15(13(18)7-8)11-3-1-2-10-9(11)4-5-14(10)19/h1-3,6-7,14H,4-5,19H2/t14-/m1/s1. The van der Waals surface area contributed by atoms with Crippen molar-refractivity contribution in [1.82, 2.24) is 0 Å². The average Bonchev–Trinajstić information content (AvgIpc) is 2.71. The average molecular weight is 263 g/mol. The fraction of sp³-hybridized carbons (Fsp3) is 0.200. The van der Waals surface area contributed by atoms with Crippen LogP contribution in [0.5, 0.6) is 0 Å². The zero-order chi connectivity index (χ0) is 13.6. The summed E-state index contributed by atoms with van der Waals surface area (Å²) in [5.74, 6) is -2.68. The highest BCUT2D eigenvalue weighted by molar-refractivity contribution is 5.71. The van der Waals surface area contributed by atoms with E-state index in [0.717, 1.165) is 17.5 Å². The Hall–Kier alpha value is -1.81. The molecule has 3 rings (SSSR count). The van der Waals surface area contributed by atoms with Gasteiger partial charge < -0.3 is 5.73 Å². The molecule has 0 bridgehead atoms. The number of benzene rings is 2. The maximum atomic E-state index is 13.9. The van der Waals surface area contributed by atoms with Gasteiger partial charge in [-0.2, -0.15) is 0 Å². The van der Waals surface area contributed by atoms with Crippen molar-refractivity contribution in [2.45, 2.75) is 18.9 Å². The summed E-state index contributed by atoms with van der Waals surface area (Å²) >= 11 is 0. The van der Waals surface area contributed by atoms with Crippen molar-refractivity contribution in [1.29, 1.82) is 0 Å². The molecule has 0 saturated carbocycles. The summed E-state index contributed by atoms with van der Waals surface area (Å²) in [5, 5.41) is 0. The molecule has 19 heavy (non-hydrogen) atoms. The number of halogens is 3. The van der Waals surface area contributed by atoms with Gasteiger partial charge in [-0.3, -0.25) is 0 Å². The molecule has 1 aliphatic carbocycles. The van der Waals surface area contributed by atoms with Gasteiger partial charge in [-0.25, -0.2) is 13.2 Å². The van der Waals surface area contributed by atoms with Crippen LogP contribution >= 0.6 is 0 Å². The van der Waals surface area contributed by atoms with Gasteiger partial charge in [-0.05, 0) is 29.5 Å². The van der Waals surface area contributed by atoms with E-state index in [2.05, 4.69) is 0 Å². The summed E-state index contributed by atoms with van der Waals surface area (Å²) in [4.78, 5) is 0. The van der Waals surface area contributed by atoms with Crippen molar-refractivity contribution in [2.24, 2.45) is 5.73 Å². The first-order valence-corrected chi connectivity index (χ1v) is 6.10. The minimum absolute atomic E-state index is 0.0958. The van der Waals surface area contributed by atoms with E-state index in [1.807, 2.05) is 6.07 Å². The Bertz CT molecular complexity index is 629. The van der Waals surface area contributed by atoms with E-state index in [0.29, 0.717) is 24.1 Å². The van der Waals surface area contributed by atoms with Crippen LogP contribution in [0.4, 0.5) is 13.2 Å². The Kier molecular flexibility index (Phi) is 2.82. The van der Waals surface area contributed by atoms with Gasteiger partial charge in [0.1, 0.15) is 17.5 Å². The molecule has 0 aromatic heterocycles. The monoisotopic (exact) mass is 263 g/mol. The van der Waals surface area contributed by atoms with Gasteiger partial charge in [-0.15, -0.1) is 0 Å². The molecule has 1 aliphatic rings. The molecule has 0 spiro atoms. The summed E-state index contributed by atoms with van der Waals surface area (Å²) in [7, 11) is 0.